The maximum Gasteiger partial charge on any atom is 0.148 e. The molecule has 2 bridgehead atoms. The zero-order valence-corrected chi connectivity index (χ0v) is 12.7. The summed E-state index contributed by atoms with van der Waals surface area (Å²) >= 11 is 3.82. The van der Waals surface area contributed by atoms with Crippen LogP contribution in [0.15, 0.2) is 11.6 Å². The third kappa shape index (κ3) is 1.10. The molecule has 1 spiro atoms. The lowest BCUT2D eigenvalue weighted by atomic mass is 9.67. The molecule has 3 rings (SSSR count). The normalized spacial score (nSPS) is 51.4. The summed E-state index contributed by atoms with van der Waals surface area (Å²) in [5.41, 5.74) is 1.33. The zero-order valence-electron chi connectivity index (χ0n) is 11.1. The van der Waals surface area contributed by atoms with Gasteiger partial charge < -0.3 is 0 Å². The standard InChI is InChI=1S/C15H21BrO/c1-8-7-11(16)15-9(2)5-6-10(15)14(3,4)12(8)13(15)17/h7,9-12H,5-6H2,1-4H3/t9-,10?,11?,12+,15-/m1/s1. The summed E-state index contributed by atoms with van der Waals surface area (Å²) in [6.45, 7) is 9.03. The van der Waals surface area contributed by atoms with Crippen molar-refractivity contribution < 1.29 is 4.79 Å². The van der Waals surface area contributed by atoms with Crippen LogP contribution >= 0.6 is 15.9 Å². The Morgan fingerprint density at radius 3 is 2.65 bits per heavy atom. The number of ketones is 1. The van der Waals surface area contributed by atoms with Crippen LogP contribution in [-0.2, 0) is 4.79 Å². The number of carbonyl (C=O) groups is 1. The highest BCUT2D eigenvalue weighted by Crippen LogP contribution is 2.70. The Bertz CT molecular complexity index is 423. The molecule has 94 valence electrons. The number of hydrogen-bond acceptors (Lipinski definition) is 1. The highest BCUT2D eigenvalue weighted by molar-refractivity contribution is 9.09. The summed E-state index contributed by atoms with van der Waals surface area (Å²) in [7, 11) is 0. The Morgan fingerprint density at radius 1 is 1.35 bits per heavy atom. The molecule has 5 atom stereocenters. The van der Waals surface area contributed by atoms with E-state index in [9.17, 15) is 4.79 Å². The molecule has 0 radical (unpaired) electrons. The van der Waals surface area contributed by atoms with Crippen molar-refractivity contribution in [2.45, 2.75) is 45.4 Å². The Kier molecular flexibility index (Phi) is 2.29. The minimum atomic E-state index is -0.103. The van der Waals surface area contributed by atoms with Crippen LogP contribution in [0, 0.1) is 28.6 Å². The van der Waals surface area contributed by atoms with E-state index in [1.807, 2.05) is 0 Å². The molecule has 17 heavy (non-hydrogen) atoms. The second-order valence-corrected chi connectivity index (χ2v) is 7.88. The highest BCUT2D eigenvalue weighted by Gasteiger charge is 2.71. The molecule has 0 aromatic rings. The molecule has 0 heterocycles. The lowest BCUT2D eigenvalue weighted by Crippen LogP contribution is -2.45. The largest absolute Gasteiger partial charge is 0.298 e. The van der Waals surface area contributed by atoms with Gasteiger partial charge in [-0.1, -0.05) is 48.4 Å². The van der Waals surface area contributed by atoms with Crippen LogP contribution in [0.25, 0.3) is 0 Å². The van der Waals surface area contributed by atoms with E-state index in [4.69, 9.17) is 0 Å². The van der Waals surface area contributed by atoms with Crippen LogP contribution in [0.5, 0.6) is 0 Å². The third-order valence-corrected chi connectivity index (χ3v) is 6.95. The van der Waals surface area contributed by atoms with Gasteiger partial charge in [0.2, 0.25) is 0 Å². The van der Waals surface area contributed by atoms with E-state index in [1.165, 1.54) is 18.4 Å². The number of allylic oxidation sites excluding steroid dienone is 2. The Balaban J connectivity index is 2.26. The summed E-state index contributed by atoms with van der Waals surface area (Å²) in [6, 6.07) is 0. The van der Waals surface area contributed by atoms with Gasteiger partial charge in [0.1, 0.15) is 5.78 Å². The fraction of sp³-hybridized carbons (Fsp3) is 0.800. The van der Waals surface area contributed by atoms with Crippen molar-refractivity contribution in [1.29, 1.82) is 0 Å². The Labute approximate surface area is 112 Å². The van der Waals surface area contributed by atoms with Gasteiger partial charge in [-0.15, -0.1) is 0 Å². The van der Waals surface area contributed by atoms with Crippen LogP contribution in [0.4, 0.5) is 0 Å². The molecule has 2 unspecified atom stereocenters. The molecule has 0 aliphatic heterocycles. The predicted octanol–water partition coefficient (Wildman–Crippen LogP) is 3.97. The maximum atomic E-state index is 13.0. The van der Waals surface area contributed by atoms with Crippen molar-refractivity contribution in [2.24, 2.45) is 28.6 Å². The molecule has 2 fully saturated rings. The van der Waals surface area contributed by atoms with Crippen LogP contribution in [0.1, 0.15) is 40.5 Å². The molecule has 3 aliphatic carbocycles. The smallest absolute Gasteiger partial charge is 0.148 e. The van der Waals surface area contributed by atoms with Crippen molar-refractivity contribution in [3.05, 3.63) is 11.6 Å². The van der Waals surface area contributed by atoms with Gasteiger partial charge in [-0.3, -0.25) is 4.79 Å². The lowest BCUT2D eigenvalue weighted by Gasteiger charge is -2.39. The molecule has 2 heteroatoms. The number of Topliss-reactive ketones (excluding diaryl/α,β-unsaturated/α-hetero) is 1. The second-order valence-electron chi connectivity index (χ2n) is 6.90. The number of halogens is 1. The van der Waals surface area contributed by atoms with Crippen molar-refractivity contribution in [1.82, 2.24) is 0 Å². The fourth-order valence-electron chi connectivity index (χ4n) is 5.29. The van der Waals surface area contributed by atoms with E-state index in [0.717, 1.165) is 0 Å². The number of rotatable bonds is 0. The van der Waals surface area contributed by atoms with E-state index >= 15 is 0 Å². The van der Waals surface area contributed by atoms with Crippen molar-refractivity contribution >= 4 is 21.7 Å². The average Bonchev–Trinajstić information content (AvgIpc) is 2.60. The molecule has 3 aliphatic rings. The fourth-order valence-corrected chi connectivity index (χ4v) is 6.70. The summed E-state index contributed by atoms with van der Waals surface area (Å²) in [6.07, 6.45) is 4.75. The quantitative estimate of drug-likeness (QED) is 0.488. The van der Waals surface area contributed by atoms with E-state index in [1.54, 1.807) is 0 Å². The van der Waals surface area contributed by atoms with Gasteiger partial charge in [0.25, 0.3) is 0 Å². The summed E-state index contributed by atoms with van der Waals surface area (Å²) in [4.78, 5) is 13.2. The lowest BCUT2D eigenvalue weighted by molar-refractivity contribution is -0.130. The third-order valence-electron chi connectivity index (χ3n) is 5.93. The van der Waals surface area contributed by atoms with E-state index in [2.05, 4.69) is 49.7 Å². The summed E-state index contributed by atoms with van der Waals surface area (Å²) in [5.74, 6) is 1.78. The van der Waals surface area contributed by atoms with E-state index in [-0.39, 0.29) is 21.6 Å². The highest BCUT2D eigenvalue weighted by atomic mass is 79.9. The van der Waals surface area contributed by atoms with Crippen molar-refractivity contribution in [3.8, 4) is 0 Å². The van der Waals surface area contributed by atoms with Gasteiger partial charge in [0.15, 0.2) is 0 Å². The minimum Gasteiger partial charge on any atom is -0.298 e. The Morgan fingerprint density at radius 2 is 2.00 bits per heavy atom. The molecule has 1 nitrogen and oxygen atoms in total. The van der Waals surface area contributed by atoms with Crippen LogP contribution in [0.3, 0.4) is 0 Å². The van der Waals surface area contributed by atoms with Crippen LogP contribution in [-0.4, -0.2) is 10.6 Å². The monoisotopic (exact) mass is 296 g/mol. The van der Waals surface area contributed by atoms with E-state index in [0.29, 0.717) is 17.6 Å². The first-order valence-electron chi connectivity index (χ1n) is 6.71. The molecular formula is C15H21BrO. The van der Waals surface area contributed by atoms with Gasteiger partial charge in [0, 0.05) is 10.7 Å². The molecule has 0 N–H and O–H groups in total. The molecule has 0 aromatic carbocycles. The SMILES string of the molecule is CC1=CC(Br)[C@]23C(=O)[C@H]1C(C)(C)C2CC[C@H]3C. The number of carbonyl (C=O) groups excluding carboxylic acids is 1. The predicted molar refractivity (Wildman–Crippen MR) is 73.1 cm³/mol. The topological polar surface area (TPSA) is 17.1 Å². The molecule has 2 saturated carbocycles. The maximum absolute atomic E-state index is 13.0. The second kappa shape index (κ2) is 3.26. The average molecular weight is 297 g/mol. The van der Waals surface area contributed by atoms with Gasteiger partial charge >= 0.3 is 0 Å². The molecular weight excluding hydrogens is 276 g/mol. The molecule has 0 amide bonds. The van der Waals surface area contributed by atoms with Crippen molar-refractivity contribution in [3.63, 3.8) is 0 Å². The first kappa shape index (κ1) is 12.0. The first-order valence-corrected chi connectivity index (χ1v) is 7.62. The number of hydrogen-bond donors (Lipinski definition) is 0. The van der Waals surface area contributed by atoms with Crippen LogP contribution < -0.4 is 0 Å². The minimum absolute atomic E-state index is 0.103. The summed E-state index contributed by atoms with van der Waals surface area (Å²) in [5, 5.41) is 0. The van der Waals surface area contributed by atoms with Gasteiger partial charge in [-0.05, 0) is 37.0 Å². The number of alkyl halides is 1. The van der Waals surface area contributed by atoms with Gasteiger partial charge in [0.05, 0.1) is 5.41 Å². The zero-order chi connectivity index (χ0) is 12.6. The number of fused-ring (bicyclic) bond motifs is 1. The van der Waals surface area contributed by atoms with Gasteiger partial charge in [-0.25, -0.2) is 0 Å². The van der Waals surface area contributed by atoms with Gasteiger partial charge in [-0.2, -0.15) is 0 Å². The van der Waals surface area contributed by atoms with E-state index < -0.39 is 0 Å². The molecule has 0 aromatic heterocycles. The molecule has 0 saturated heterocycles. The first-order chi connectivity index (χ1) is 7.84. The van der Waals surface area contributed by atoms with Crippen molar-refractivity contribution in [2.75, 3.05) is 0 Å². The Hall–Kier alpha value is -0.110. The summed E-state index contributed by atoms with van der Waals surface area (Å²) < 4.78 is 0. The van der Waals surface area contributed by atoms with Crippen LogP contribution in [0.2, 0.25) is 0 Å².